The van der Waals surface area contributed by atoms with Crippen LogP contribution in [0, 0.1) is 0 Å². The van der Waals surface area contributed by atoms with Gasteiger partial charge < -0.3 is 9.47 Å². The van der Waals surface area contributed by atoms with E-state index in [1.807, 2.05) is 0 Å². The van der Waals surface area contributed by atoms with E-state index in [2.05, 4.69) is 196 Å². The molecule has 2 nitrogen and oxygen atoms in total. The van der Waals surface area contributed by atoms with Crippen molar-refractivity contribution in [2.45, 2.75) is 45.4 Å². The molecule has 0 saturated carbocycles. The van der Waals surface area contributed by atoms with Crippen LogP contribution in [0.3, 0.4) is 0 Å². The molecule has 0 radical (unpaired) electrons. The van der Waals surface area contributed by atoms with E-state index in [9.17, 15) is 0 Å². The van der Waals surface area contributed by atoms with Crippen LogP contribution in [-0.4, -0.2) is 4.57 Å². The zero-order chi connectivity index (χ0) is 33.5. The lowest BCUT2D eigenvalue weighted by atomic mass is 9.82. The monoisotopic (exact) mass is 632 g/mol. The van der Waals surface area contributed by atoms with Gasteiger partial charge in [-0.3, -0.25) is 0 Å². The molecular formula is C47H40N2. The van der Waals surface area contributed by atoms with Crippen molar-refractivity contribution < 1.29 is 0 Å². The summed E-state index contributed by atoms with van der Waals surface area (Å²) < 4.78 is 2.46. The Balaban J connectivity index is 1.18. The van der Waals surface area contributed by atoms with Crippen LogP contribution in [0.15, 0.2) is 152 Å². The number of benzene rings is 7. The predicted molar refractivity (Wildman–Crippen MR) is 209 cm³/mol. The van der Waals surface area contributed by atoms with Crippen LogP contribution in [0.2, 0.25) is 0 Å². The van der Waals surface area contributed by atoms with Crippen molar-refractivity contribution in [2.24, 2.45) is 0 Å². The Morgan fingerprint density at radius 3 is 1.88 bits per heavy atom. The van der Waals surface area contributed by atoms with Gasteiger partial charge in [-0.15, -0.1) is 0 Å². The maximum absolute atomic E-state index is 2.46. The van der Waals surface area contributed by atoms with E-state index < -0.39 is 0 Å². The third-order valence-corrected chi connectivity index (χ3v) is 10.7. The fraction of sp³-hybridized carbons (Fsp3) is 0.149. The summed E-state index contributed by atoms with van der Waals surface area (Å²) in [4.78, 5) is 2.39. The minimum absolute atomic E-state index is 0.103. The molecule has 0 N–H and O–H groups in total. The zero-order valence-electron chi connectivity index (χ0n) is 28.8. The van der Waals surface area contributed by atoms with E-state index in [1.165, 1.54) is 71.8 Å². The summed E-state index contributed by atoms with van der Waals surface area (Å²) in [6.45, 7) is 11.6. The van der Waals surface area contributed by atoms with Gasteiger partial charge in [-0.25, -0.2) is 0 Å². The molecule has 0 spiro atoms. The third-order valence-electron chi connectivity index (χ3n) is 10.7. The third kappa shape index (κ3) is 4.54. The number of para-hydroxylation sites is 2. The van der Waals surface area contributed by atoms with Gasteiger partial charge in [0, 0.05) is 38.9 Å². The summed E-state index contributed by atoms with van der Waals surface area (Å²) in [5.74, 6) is 0. The van der Waals surface area contributed by atoms with Gasteiger partial charge in [0.05, 0.1) is 11.0 Å². The Morgan fingerprint density at radius 2 is 1.12 bits per heavy atom. The van der Waals surface area contributed by atoms with Crippen LogP contribution in [0.25, 0.3) is 49.4 Å². The summed E-state index contributed by atoms with van der Waals surface area (Å²) in [6, 6.07) is 56.1. The number of anilines is 3. The maximum Gasteiger partial charge on any atom is 0.0547 e. The maximum atomic E-state index is 2.46. The molecule has 2 heteroatoms. The van der Waals surface area contributed by atoms with Crippen molar-refractivity contribution in [3.05, 3.63) is 168 Å². The molecule has 0 aliphatic heterocycles. The Labute approximate surface area is 288 Å². The highest BCUT2D eigenvalue weighted by atomic mass is 15.1. The van der Waals surface area contributed by atoms with Crippen LogP contribution in [0.1, 0.15) is 51.3 Å². The summed E-state index contributed by atoms with van der Waals surface area (Å²) >= 11 is 0. The summed E-state index contributed by atoms with van der Waals surface area (Å²) in [7, 11) is 0. The number of fused-ring (bicyclic) bond motifs is 8. The van der Waals surface area contributed by atoms with Gasteiger partial charge in [0.25, 0.3) is 0 Å². The van der Waals surface area contributed by atoms with E-state index in [1.54, 1.807) is 0 Å². The molecule has 49 heavy (non-hydrogen) atoms. The molecule has 0 unspecified atom stereocenters. The average Bonchev–Trinajstić information content (AvgIpc) is 3.57. The van der Waals surface area contributed by atoms with E-state index in [0.29, 0.717) is 0 Å². The van der Waals surface area contributed by atoms with E-state index in [0.717, 1.165) is 11.4 Å². The average molecular weight is 633 g/mol. The van der Waals surface area contributed by atoms with Gasteiger partial charge in [-0.1, -0.05) is 126 Å². The predicted octanol–water partition coefficient (Wildman–Crippen LogP) is 13.0. The molecule has 1 aliphatic rings. The topological polar surface area (TPSA) is 8.17 Å². The number of aromatic nitrogens is 1. The lowest BCUT2D eigenvalue weighted by molar-refractivity contribution is 0.590. The van der Waals surface area contributed by atoms with E-state index >= 15 is 0 Å². The fourth-order valence-electron chi connectivity index (χ4n) is 8.14. The Hall–Kier alpha value is -5.60. The first-order valence-electron chi connectivity index (χ1n) is 17.4. The molecule has 0 bridgehead atoms. The molecule has 7 aromatic carbocycles. The van der Waals surface area contributed by atoms with Crippen molar-refractivity contribution >= 4 is 49.6 Å². The first-order chi connectivity index (χ1) is 23.7. The lowest BCUT2D eigenvalue weighted by Crippen LogP contribution is -2.17. The SMILES string of the molecule is CC(C)(C)c1ccc(N(c2ccccc2)c2ccc3c(c2)C(C)(C)c2cc(-n4c5ccccc5c5c6ccccc6ccc54)ccc2-3)cc1. The highest BCUT2D eigenvalue weighted by molar-refractivity contribution is 6.21. The van der Waals surface area contributed by atoms with Gasteiger partial charge in [0.2, 0.25) is 0 Å². The van der Waals surface area contributed by atoms with Crippen molar-refractivity contribution in [3.8, 4) is 16.8 Å². The first kappa shape index (κ1) is 29.5. The fourth-order valence-corrected chi connectivity index (χ4v) is 8.14. The molecular weight excluding hydrogens is 593 g/mol. The van der Waals surface area contributed by atoms with Gasteiger partial charge in [0.15, 0.2) is 0 Å². The molecule has 1 heterocycles. The minimum atomic E-state index is -0.180. The van der Waals surface area contributed by atoms with Crippen LogP contribution in [-0.2, 0) is 10.8 Å². The largest absolute Gasteiger partial charge is 0.310 e. The second-order valence-corrected chi connectivity index (χ2v) is 15.1. The van der Waals surface area contributed by atoms with Crippen LogP contribution < -0.4 is 4.90 Å². The van der Waals surface area contributed by atoms with Gasteiger partial charge in [-0.2, -0.15) is 0 Å². The molecule has 238 valence electrons. The van der Waals surface area contributed by atoms with Crippen molar-refractivity contribution in [3.63, 3.8) is 0 Å². The highest BCUT2D eigenvalue weighted by Gasteiger charge is 2.36. The lowest BCUT2D eigenvalue weighted by Gasteiger charge is -2.29. The molecule has 0 amide bonds. The normalized spacial score (nSPS) is 13.6. The minimum Gasteiger partial charge on any atom is -0.310 e. The molecule has 0 atom stereocenters. The van der Waals surface area contributed by atoms with Crippen LogP contribution in [0.4, 0.5) is 17.1 Å². The van der Waals surface area contributed by atoms with Crippen molar-refractivity contribution in [1.82, 2.24) is 4.57 Å². The zero-order valence-corrected chi connectivity index (χ0v) is 28.8. The molecule has 0 fully saturated rings. The van der Waals surface area contributed by atoms with Gasteiger partial charge in [0.1, 0.15) is 0 Å². The quantitative estimate of drug-likeness (QED) is 0.187. The Morgan fingerprint density at radius 1 is 0.510 bits per heavy atom. The molecule has 8 aromatic rings. The summed E-state index contributed by atoms with van der Waals surface area (Å²) in [5, 5.41) is 5.18. The summed E-state index contributed by atoms with van der Waals surface area (Å²) in [5.41, 5.74) is 13.8. The molecule has 0 saturated heterocycles. The molecule has 1 aliphatic carbocycles. The van der Waals surface area contributed by atoms with E-state index in [4.69, 9.17) is 0 Å². The van der Waals surface area contributed by atoms with E-state index in [-0.39, 0.29) is 10.8 Å². The number of hydrogen-bond acceptors (Lipinski definition) is 1. The second kappa shape index (κ2) is 10.7. The number of rotatable bonds is 4. The smallest absolute Gasteiger partial charge is 0.0547 e. The molecule has 9 rings (SSSR count). The Kier molecular flexibility index (Phi) is 6.45. The standard InChI is InChI=1S/C47H40N2/c1-46(2,3)32-20-22-34(23-21-32)48(33-14-7-6-8-15-33)35-24-26-38-39-27-25-36(30-42(39)47(4,5)41(38)29-35)49-43-18-12-11-17-40(43)45-37-16-10-9-13-31(37)19-28-44(45)49/h6-30H,1-5H3. The van der Waals surface area contributed by atoms with Gasteiger partial charge in [-0.05, 0) is 105 Å². The van der Waals surface area contributed by atoms with Crippen molar-refractivity contribution in [1.29, 1.82) is 0 Å². The summed E-state index contributed by atoms with van der Waals surface area (Å²) in [6.07, 6.45) is 0. The van der Waals surface area contributed by atoms with Gasteiger partial charge >= 0.3 is 0 Å². The highest BCUT2D eigenvalue weighted by Crippen LogP contribution is 2.51. The van der Waals surface area contributed by atoms with Crippen LogP contribution in [0.5, 0.6) is 0 Å². The first-order valence-corrected chi connectivity index (χ1v) is 17.4. The molecule has 1 aromatic heterocycles. The second-order valence-electron chi connectivity index (χ2n) is 15.1. The number of nitrogens with zero attached hydrogens (tertiary/aromatic N) is 2. The van der Waals surface area contributed by atoms with Crippen LogP contribution >= 0.6 is 0 Å². The Bertz CT molecular complexity index is 2540. The number of hydrogen-bond donors (Lipinski definition) is 0. The van der Waals surface area contributed by atoms with Crippen molar-refractivity contribution in [2.75, 3.05) is 4.90 Å².